The Labute approximate surface area is 311 Å². The maximum atomic E-state index is 13.8. The lowest BCUT2D eigenvalue weighted by Crippen LogP contribution is -2.67. The van der Waals surface area contributed by atoms with E-state index < -0.39 is 17.4 Å². The van der Waals surface area contributed by atoms with Crippen molar-refractivity contribution < 1.29 is 13.6 Å². The Kier molecular flexibility index (Phi) is 11.1. The Morgan fingerprint density at radius 3 is 1.78 bits per heavy atom. The first-order valence-corrected chi connectivity index (χ1v) is 22.3. The van der Waals surface area contributed by atoms with Gasteiger partial charge in [-0.3, -0.25) is 4.79 Å². The van der Waals surface area contributed by atoms with Gasteiger partial charge >= 0.3 is 0 Å². The van der Waals surface area contributed by atoms with E-state index in [2.05, 4.69) is 168 Å². The molecular weight excluding hydrogens is 683 g/mol. The van der Waals surface area contributed by atoms with Crippen molar-refractivity contribution in [3.63, 3.8) is 0 Å². The highest BCUT2D eigenvalue weighted by molar-refractivity contribution is 7.14. The van der Waals surface area contributed by atoms with Crippen LogP contribution in [0.3, 0.4) is 0 Å². The first kappa shape index (κ1) is 36.9. The second kappa shape index (κ2) is 15.4. The number of anilines is 1. The van der Waals surface area contributed by atoms with Crippen LogP contribution in [0.5, 0.6) is 0 Å². The molecule has 1 fully saturated rings. The van der Waals surface area contributed by atoms with Gasteiger partial charge in [0.15, 0.2) is 5.13 Å². The number of nitrogens with zero attached hydrogens (tertiary/aromatic N) is 3. The zero-order chi connectivity index (χ0) is 36.2. The third kappa shape index (κ3) is 7.83. The predicted molar refractivity (Wildman–Crippen MR) is 217 cm³/mol. The summed E-state index contributed by atoms with van der Waals surface area (Å²) in [6.07, 6.45) is -0.131. The van der Waals surface area contributed by atoms with Crippen LogP contribution in [0.25, 0.3) is 0 Å². The molecule has 1 aliphatic heterocycles. The van der Waals surface area contributed by atoms with Gasteiger partial charge in [0.05, 0.1) is 6.61 Å². The summed E-state index contributed by atoms with van der Waals surface area (Å²) in [6.45, 7) is 15.4. The van der Waals surface area contributed by atoms with Gasteiger partial charge < -0.3 is 18.7 Å². The fourth-order valence-corrected chi connectivity index (χ4v) is 15.0. The average Bonchev–Trinajstić information content (AvgIpc) is 3.59. The molecule has 2 unspecified atom stereocenters. The van der Waals surface area contributed by atoms with Crippen LogP contribution < -0.4 is 25.6 Å². The third-order valence-corrected chi connectivity index (χ3v) is 18.6. The Hall–Kier alpha value is -3.87. The number of carbonyl (C=O) groups excluding carboxylic acids is 1. The Morgan fingerprint density at radius 2 is 1.31 bits per heavy atom. The quantitative estimate of drug-likeness (QED) is 0.144. The molecule has 1 aromatic heterocycles. The van der Waals surface area contributed by atoms with Crippen molar-refractivity contribution in [2.75, 3.05) is 31.6 Å². The van der Waals surface area contributed by atoms with Crippen molar-refractivity contribution in [2.45, 2.75) is 52.8 Å². The Bertz CT molecular complexity index is 1780. The van der Waals surface area contributed by atoms with Crippen molar-refractivity contribution >= 4 is 60.5 Å². The highest BCUT2D eigenvalue weighted by Gasteiger charge is 2.51. The fraction of sp³-hybridized carbons (Fsp3) is 0.333. The first-order chi connectivity index (χ1) is 24.4. The van der Waals surface area contributed by atoms with Gasteiger partial charge in [0, 0.05) is 31.4 Å². The number of benzene rings is 4. The zero-order valence-electron chi connectivity index (χ0n) is 31.0. The molecule has 0 spiro atoms. The topological polar surface area (TPSA) is 54.9 Å². The SMILES string of the molecule is CN(CCO[Si](c1ccccc1)(c1ccccc1)C(C)(C)C)C(=O)c1csc(N2CC(C(C)(C)C)C2O[SiH](c2ccccc2)c2ccccc2)n1. The minimum Gasteiger partial charge on any atom is -0.406 e. The monoisotopic (exact) mass is 733 g/mol. The molecule has 6 nitrogen and oxygen atoms in total. The van der Waals surface area contributed by atoms with Crippen molar-refractivity contribution in [1.82, 2.24) is 9.88 Å². The average molecular weight is 734 g/mol. The molecule has 1 amide bonds. The molecule has 1 aliphatic rings. The van der Waals surface area contributed by atoms with E-state index in [1.165, 1.54) is 32.1 Å². The second-order valence-corrected chi connectivity index (χ2v) is 23.1. The van der Waals surface area contributed by atoms with E-state index in [-0.39, 0.29) is 22.6 Å². The van der Waals surface area contributed by atoms with Crippen molar-refractivity contribution in [2.24, 2.45) is 11.3 Å². The number of amides is 1. The van der Waals surface area contributed by atoms with Crippen LogP contribution in [0.15, 0.2) is 127 Å². The normalized spacial score (nSPS) is 16.6. The number of hydrogen-bond acceptors (Lipinski definition) is 6. The summed E-state index contributed by atoms with van der Waals surface area (Å²) in [5.41, 5.74) is 0.509. The summed E-state index contributed by atoms with van der Waals surface area (Å²) in [4.78, 5) is 22.7. The summed E-state index contributed by atoms with van der Waals surface area (Å²) >= 11 is 1.52. The summed E-state index contributed by atoms with van der Waals surface area (Å²) < 4.78 is 14.3. The predicted octanol–water partition coefficient (Wildman–Crippen LogP) is 6.15. The molecule has 1 saturated heterocycles. The highest BCUT2D eigenvalue weighted by Crippen LogP contribution is 2.43. The lowest BCUT2D eigenvalue weighted by molar-refractivity contribution is 0.00493. The summed E-state index contributed by atoms with van der Waals surface area (Å²) in [5, 5.41) is 7.54. The molecule has 5 aromatic rings. The van der Waals surface area contributed by atoms with Crippen molar-refractivity contribution in [1.29, 1.82) is 0 Å². The lowest BCUT2D eigenvalue weighted by Gasteiger charge is -2.54. The first-order valence-electron chi connectivity index (χ1n) is 17.9. The van der Waals surface area contributed by atoms with Crippen LogP contribution in [-0.4, -0.2) is 66.1 Å². The summed E-state index contributed by atoms with van der Waals surface area (Å²) in [7, 11) is -2.87. The smallest absolute Gasteiger partial charge is 0.273 e. The summed E-state index contributed by atoms with van der Waals surface area (Å²) in [6, 6.07) is 42.5. The molecule has 266 valence electrons. The number of thiazole rings is 1. The summed E-state index contributed by atoms with van der Waals surface area (Å²) in [5.74, 6) is 0.221. The zero-order valence-corrected chi connectivity index (χ0v) is 33.9. The second-order valence-electron chi connectivity index (χ2n) is 15.6. The van der Waals surface area contributed by atoms with Gasteiger partial charge in [0.1, 0.15) is 11.9 Å². The van der Waals surface area contributed by atoms with Crippen LogP contribution >= 0.6 is 11.3 Å². The van der Waals surface area contributed by atoms with Crippen LogP contribution in [0.4, 0.5) is 5.13 Å². The molecule has 2 atom stereocenters. The van der Waals surface area contributed by atoms with Gasteiger partial charge in [-0.15, -0.1) is 11.3 Å². The number of aromatic nitrogens is 1. The van der Waals surface area contributed by atoms with Gasteiger partial charge in [-0.25, -0.2) is 4.98 Å². The van der Waals surface area contributed by atoms with E-state index in [1.54, 1.807) is 4.90 Å². The Morgan fingerprint density at radius 1 is 0.824 bits per heavy atom. The minimum absolute atomic E-state index is 0.0503. The molecule has 0 radical (unpaired) electrons. The van der Waals surface area contributed by atoms with Gasteiger partial charge in [-0.1, -0.05) is 163 Å². The van der Waals surface area contributed by atoms with Crippen LogP contribution in [-0.2, 0) is 8.85 Å². The van der Waals surface area contributed by atoms with E-state index >= 15 is 0 Å². The van der Waals surface area contributed by atoms with Crippen LogP contribution in [0.1, 0.15) is 52.0 Å². The molecule has 0 N–H and O–H groups in total. The van der Waals surface area contributed by atoms with E-state index in [0.29, 0.717) is 24.8 Å². The van der Waals surface area contributed by atoms with Gasteiger partial charge in [-0.2, -0.15) is 0 Å². The van der Waals surface area contributed by atoms with E-state index in [9.17, 15) is 4.79 Å². The lowest BCUT2D eigenvalue weighted by atomic mass is 9.74. The maximum Gasteiger partial charge on any atom is 0.273 e. The third-order valence-electron chi connectivity index (χ3n) is 10.1. The molecule has 0 saturated carbocycles. The van der Waals surface area contributed by atoms with Crippen molar-refractivity contribution in [3.05, 3.63) is 132 Å². The maximum absolute atomic E-state index is 13.8. The molecule has 0 bridgehead atoms. The van der Waals surface area contributed by atoms with Gasteiger partial charge in [0.2, 0.25) is 9.04 Å². The molecule has 51 heavy (non-hydrogen) atoms. The van der Waals surface area contributed by atoms with E-state index in [4.69, 9.17) is 13.8 Å². The highest BCUT2D eigenvalue weighted by atomic mass is 32.1. The molecule has 2 heterocycles. The fourth-order valence-electron chi connectivity index (χ4n) is 7.18. The van der Waals surface area contributed by atoms with Crippen LogP contribution in [0.2, 0.25) is 5.04 Å². The molecule has 6 rings (SSSR count). The van der Waals surface area contributed by atoms with Crippen molar-refractivity contribution in [3.8, 4) is 0 Å². The molecule has 9 heteroatoms. The minimum atomic E-state index is -2.70. The van der Waals surface area contributed by atoms with E-state index in [0.717, 1.165) is 11.7 Å². The van der Waals surface area contributed by atoms with Gasteiger partial charge in [0.25, 0.3) is 14.2 Å². The van der Waals surface area contributed by atoms with Crippen LogP contribution in [0, 0.1) is 11.3 Å². The largest absolute Gasteiger partial charge is 0.406 e. The van der Waals surface area contributed by atoms with Gasteiger partial charge in [-0.05, 0) is 31.2 Å². The molecular formula is C42H51N3O3SSi2. The number of hydrogen-bond donors (Lipinski definition) is 0. The molecule has 4 aromatic carbocycles. The standard InChI is InChI=1S/C42H51N3O3SSi2/c1-41(2,3)36-30-45(39(36)48-50(32-20-12-8-13-21-32)33-22-14-9-15-23-33)40-43-37(31-49-40)38(46)44(7)28-29-47-51(42(4,5)6,34-24-16-10-17-25-34)35-26-18-11-19-27-35/h8-27,31,36,39,50H,28-30H2,1-7H3. The number of carbonyl (C=O) groups is 1. The number of rotatable bonds is 12. The Balaban J connectivity index is 1.19. The molecule has 0 aliphatic carbocycles. The van der Waals surface area contributed by atoms with E-state index in [1.807, 2.05) is 12.4 Å². The number of likely N-dealkylation sites (N-methyl/N-ethyl adjacent to an activating group) is 1.